The topological polar surface area (TPSA) is 21.6 Å². The molecule has 0 amide bonds. The first kappa shape index (κ1) is 12.3. The van der Waals surface area contributed by atoms with E-state index in [-0.39, 0.29) is 11.6 Å². The van der Waals surface area contributed by atoms with Crippen molar-refractivity contribution in [2.24, 2.45) is 4.99 Å². The van der Waals surface area contributed by atoms with Crippen LogP contribution in [0.3, 0.4) is 0 Å². The number of hydrogen-bond donors (Lipinski definition) is 0. The summed E-state index contributed by atoms with van der Waals surface area (Å²) in [5.74, 6) is -0.146. The maximum Gasteiger partial charge on any atom is 0.165 e. The largest absolute Gasteiger partial charge is 0.494 e. The Bertz CT molecular complexity index is 561. The molecular formula is C15H14FNO. The van der Waals surface area contributed by atoms with Crippen LogP contribution in [0.25, 0.3) is 0 Å². The predicted molar refractivity (Wildman–Crippen MR) is 71.4 cm³/mol. The van der Waals surface area contributed by atoms with Gasteiger partial charge in [0, 0.05) is 6.21 Å². The summed E-state index contributed by atoms with van der Waals surface area (Å²) in [6, 6.07) is 12.6. The van der Waals surface area contributed by atoms with Gasteiger partial charge in [-0.05, 0) is 42.8 Å². The van der Waals surface area contributed by atoms with Crippen LogP contribution in [-0.2, 0) is 0 Å². The lowest BCUT2D eigenvalue weighted by Gasteiger charge is -2.01. The highest BCUT2D eigenvalue weighted by Gasteiger charge is 2.01. The molecule has 0 unspecified atom stereocenters. The second-order valence-corrected chi connectivity index (χ2v) is 3.99. The lowest BCUT2D eigenvalue weighted by Crippen LogP contribution is -1.90. The van der Waals surface area contributed by atoms with E-state index in [0.717, 1.165) is 5.69 Å². The maximum atomic E-state index is 13.4. The van der Waals surface area contributed by atoms with E-state index in [4.69, 9.17) is 4.74 Å². The van der Waals surface area contributed by atoms with Crippen LogP contribution < -0.4 is 4.74 Å². The highest BCUT2D eigenvalue weighted by atomic mass is 19.1. The van der Waals surface area contributed by atoms with E-state index in [0.29, 0.717) is 5.56 Å². The molecule has 2 aromatic carbocycles. The number of aryl methyl sites for hydroxylation is 1. The second kappa shape index (κ2) is 5.45. The second-order valence-electron chi connectivity index (χ2n) is 3.99. The minimum atomic E-state index is -0.384. The molecule has 0 radical (unpaired) electrons. The Kier molecular flexibility index (Phi) is 3.72. The van der Waals surface area contributed by atoms with Crippen molar-refractivity contribution in [3.05, 3.63) is 59.4 Å². The molecule has 0 aliphatic carbocycles. The van der Waals surface area contributed by atoms with E-state index in [1.807, 2.05) is 31.2 Å². The summed E-state index contributed by atoms with van der Waals surface area (Å²) >= 11 is 0. The summed E-state index contributed by atoms with van der Waals surface area (Å²) in [6.45, 7) is 2.02. The molecule has 0 N–H and O–H groups in total. The maximum absolute atomic E-state index is 13.4. The molecule has 0 aliphatic heterocycles. The lowest BCUT2D eigenvalue weighted by atomic mass is 10.2. The molecule has 0 atom stereocenters. The van der Waals surface area contributed by atoms with Gasteiger partial charge in [-0.2, -0.15) is 0 Å². The van der Waals surface area contributed by atoms with E-state index in [1.165, 1.54) is 18.7 Å². The van der Waals surface area contributed by atoms with E-state index >= 15 is 0 Å². The van der Waals surface area contributed by atoms with Crippen molar-refractivity contribution in [2.75, 3.05) is 7.11 Å². The zero-order valence-corrected chi connectivity index (χ0v) is 10.4. The van der Waals surface area contributed by atoms with Crippen molar-refractivity contribution in [2.45, 2.75) is 6.92 Å². The molecule has 0 saturated heterocycles. The molecule has 0 aliphatic rings. The van der Waals surface area contributed by atoms with E-state index in [9.17, 15) is 4.39 Å². The monoisotopic (exact) mass is 243 g/mol. The molecule has 0 bridgehead atoms. The molecule has 2 aromatic rings. The van der Waals surface area contributed by atoms with Crippen LogP contribution in [0, 0.1) is 12.7 Å². The summed E-state index contributed by atoms with van der Waals surface area (Å²) in [4.78, 5) is 4.28. The Morgan fingerprint density at radius 1 is 1.11 bits per heavy atom. The van der Waals surface area contributed by atoms with Crippen LogP contribution in [0.2, 0.25) is 0 Å². The van der Waals surface area contributed by atoms with Gasteiger partial charge in [-0.1, -0.05) is 17.7 Å². The Balaban J connectivity index is 2.18. The first-order chi connectivity index (χ1) is 8.69. The number of hydrogen-bond acceptors (Lipinski definition) is 2. The molecular weight excluding hydrogens is 229 g/mol. The molecule has 0 saturated carbocycles. The van der Waals surface area contributed by atoms with Gasteiger partial charge in [0.15, 0.2) is 11.6 Å². The van der Waals surface area contributed by atoms with E-state index in [1.54, 1.807) is 18.3 Å². The van der Waals surface area contributed by atoms with Crippen LogP contribution >= 0.6 is 0 Å². The summed E-state index contributed by atoms with van der Waals surface area (Å²) in [7, 11) is 1.44. The molecule has 0 fully saturated rings. The third-order valence-corrected chi connectivity index (χ3v) is 2.57. The van der Waals surface area contributed by atoms with E-state index < -0.39 is 0 Å². The SMILES string of the molecule is COc1ccc(/C=N/c2ccc(C)cc2)cc1F. The zero-order chi connectivity index (χ0) is 13.0. The van der Waals surface area contributed by atoms with Crippen molar-refractivity contribution in [3.8, 4) is 5.75 Å². The number of rotatable bonds is 3. The molecule has 0 aromatic heterocycles. The molecule has 0 heterocycles. The van der Waals surface area contributed by atoms with Gasteiger partial charge in [0.05, 0.1) is 12.8 Å². The highest BCUT2D eigenvalue weighted by Crippen LogP contribution is 2.18. The third kappa shape index (κ3) is 2.94. The summed E-state index contributed by atoms with van der Waals surface area (Å²) < 4.78 is 18.3. The standard InChI is InChI=1S/C15H14FNO/c1-11-3-6-13(7-4-11)17-10-12-5-8-15(18-2)14(16)9-12/h3-10H,1-2H3/b17-10+. The van der Waals surface area contributed by atoms with Gasteiger partial charge in [-0.3, -0.25) is 4.99 Å². The van der Waals surface area contributed by atoms with Crippen molar-refractivity contribution >= 4 is 11.9 Å². The van der Waals surface area contributed by atoms with Gasteiger partial charge < -0.3 is 4.74 Å². The highest BCUT2D eigenvalue weighted by molar-refractivity contribution is 5.82. The van der Waals surface area contributed by atoms with Gasteiger partial charge in [0.2, 0.25) is 0 Å². The number of halogens is 1. The number of aliphatic imine (C=N–C) groups is 1. The third-order valence-electron chi connectivity index (χ3n) is 2.57. The lowest BCUT2D eigenvalue weighted by molar-refractivity contribution is 0.386. The molecule has 0 spiro atoms. The fourth-order valence-electron chi connectivity index (χ4n) is 1.54. The van der Waals surface area contributed by atoms with Crippen LogP contribution in [0.1, 0.15) is 11.1 Å². The van der Waals surface area contributed by atoms with Gasteiger partial charge >= 0.3 is 0 Å². The average Bonchev–Trinajstić information content (AvgIpc) is 2.38. The summed E-state index contributed by atoms with van der Waals surface area (Å²) in [6.07, 6.45) is 1.63. The Morgan fingerprint density at radius 2 is 1.83 bits per heavy atom. The van der Waals surface area contributed by atoms with Crippen LogP contribution in [0.15, 0.2) is 47.5 Å². The van der Waals surface area contributed by atoms with Crippen molar-refractivity contribution < 1.29 is 9.13 Å². The van der Waals surface area contributed by atoms with Crippen LogP contribution in [-0.4, -0.2) is 13.3 Å². The fraction of sp³-hybridized carbons (Fsp3) is 0.133. The Hall–Kier alpha value is -2.16. The van der Waals surface area contributed by atoms with Crippen LogP contribution in [0.4, 0.5) is 10.1 Å². The van der Waals surface area contributed by atoms with Crippen molar-refractivity contribution in [1.29, 1.82) is 0 Å². The molecule has 18 heavy (non-hydrogen) atoms. The van der Waals surface area contributed by atoms with Crippen molar-refractivity contribution in [3.63, 3.8) is 0 Å². The zero-order valence-electron chi connectivity index (χ0n) is 10.4. The molecule has 2 nitrogen and oxygen atoms in total. The van der Waals surface area contributed by atoms with Gasteiger partial charge in [-0.15, -0.1) is 0 Å². The number of benzene rings is 2. The van der Waals surface area contributed by atoms with Gasteiger partial charge in [0.1, 0.15) is 0 Å². The molecule has 2 rings (SSSR count). The molecule has 3 heteroatoms. The number of ether oxygens (including phenoxy) is 1. The first-order valence-corrected chi connectivity index (χ1v) is 5.63. The normalized spacial score (nSPS) is 10.8. The minimum Gasteiger partial charge on any atom is -0.494 e. The fourth-order valence-corrected chi connectivity index (χ4v) is 1.54. The van der Waals surface area contributed by atoms with Gasteiger partial charge in [-0.25, -0.2) is 4.39 Å². The number of methoxy groups -OCH3 is 1. The number of nitrogens with zero attached hydrogens (tertiary/aromatic N) is 1. The van der Waals surface area contributed by atoms with Gasteiger partial charge in [0.25, 0.3) is 0 Å². The molecule has 92 valence electrons. The van der Waals surface area contributed by atoms with Crippen LogP contribution in [0.5, 0.6) is 5.75 Å². The average molecular weight is 243 g/mol. The van der Waals surface area contributed by atoms with Crippen molar-refractivity contribution in [1.82, 2.24) is 0 Å². The first-order valence-electron chi connectivity index (χ1n) is 5.63. The summed E-state index contributed by atoms with van der Waals surface area (Å²) in [5, 5.41) is 0. The smallest absolute Gasteiger partial charge is 0.165 e. The summed E-state index contributed by atoms with van der Waals surface area (Å²) in [5.41, 5.74) is 2.73. The quantitative estimate of drug-likeness (QED) is 0.749. The van der Waals surface area contributed by atoms with E-state index in [2.05, 4.69) is 4.99 Å². The predicted octanol–water partition coefficient (Wildman–Crippen LogP) is 3.89. The minimum absolute atomic E-state index is 0.238. The Morgan fingerprint density at radius 3 is 2.44 bits per heavy atom. The Labute approximate surface area is 106 Å².